The van der Waals surface area contributed by atoms with Gasteiger partial charge in [0.05, 0.1) is 10.8 Å². The molecule has 1 aromatic rings. The molecule has 1 amide bonds. The standard InChI is InChI=1S/C23H34N2O5SSi/c1-7-8-20-19(13-14-31-32(5,6)23(2,3)4)22(27)24(20)15-21(26)30-16-17-9-11-18(12-10-17)25(28)29/h7,9-12,19-20H,1,8,13-16H2,2-6H3/t19-,20-/m0/s1. The minimum Gasteiger partial charge on any atom is -0.459 e. The van der Waals surface area contributed by atoms with Crippen LogP contribution in [0.2, 0.25) is 18.1 Å². The van der Waals surface area contributed by atoms with Gasteiger partial charge in [0.1, 0.15) is 20.4 Å². The van der Waals surface area contributed by atoms with Crippen LogP contribution in [0.1, 0.15) is 39.2 Å². The predicted octanol–water partition coefficient (Wildman–Crippen LogP) is 5.17. The van der Waals surface area contributed by atoms with E-state index in [0.717, 1.165) is 12.2 Å². The molecule has 0 saturated carbocycles. The van der Waals surface area contributed by atoms with Crippen molar-refractivity contribution in [3.63, 3.8) is 0 Å². The highest BCUT2D eigenvalue weighted by molar-refractivity contribution is 8.29. The number of carbonyl (C=O) groups excluding carboxylic acids is 2. The van der Waals surface area contributed by atoms with Gasteiger partial charge in [-0.3, -0.25) is 19.7 Å². The third-order valence-electron chi connectivity index (χ3n) is 6.42. The summed E-state index contributed by atoms with van der Waals surface area (Å²) in [6.07, 6.45) is 3.25. The van der Waals surface area contributed by atoms with Crippen LogP contribution in [-0.4, -0.2) is 47.3 Å². The quantitative estimate of drug-likeness (QED) is 0.109. The van der Waals surface area contributed by atoms with E-state index in [1.807, 2.05) is 11.2 Å². The van der Waals surface area contributed by atoms with Crippen LogP contribution in [0.15, 0.2) is 36.9 Å². The summed E-state index contributed by atoms with van der Waals surface area (Å²) in [6, 6.07) is 5.82. The summed E-state index contributed by atoms with van der Waals surface area (Å²) >= 11 is 2.02. The van der Waals surface area contributed by atoms with Gasteiger partial charge in [-0.25, -0.2) is 0 Å². The van der Waals surface area contributed by atoms with Crippen LogP contribution >= 0.6 is 11.2 Å². The Balaban J connectivity index is 1.86. The Kier molecular flexibility index (Phi) is 8.70. The van der Waals surface area contributed by atoms with Crippen molar-refractivity contribution in [3.8, 4) is 0 Å². The second-order valence-electron chi connectivity index (χ2n) is 9.65. The lowest BCUT2D eigenvalue weighted by Gasteiger charge is -2.47. The number of nitro groups is 1. The maximum atomic E-state index is 12.7. The highest BCUT2D eigenvalue weighted by atomic mass is 32.4. The van der Waals surface area contributed by atoms with Crippen molar-refractivity contribution in [2.45, 2.75) is 64.4 Å². The molecule has 1 aliphatic rings. The van der Waals surface area contributed by atoms with Gasteiger partial charge in [-0.15, -0.1) is 6.58 Å². The van der Waals surface area contributed by atoms with Crippen LogP contribution in [0, 0.1) is 16.0 Å². The fraction of sp³-hybridized carbons (Fsp3) is 0.565. The third-order valence-corrected chi connectivity index (χ3v) is 15.8. The van der Waals surface area contributed by atoms with Crippen molar-refractivity contribution in [1.29, 1.82) is 0 Å². The van der Waals surface area contributed by atoms with E-state index >= 15 is 0 Å². The summed E-state index contributed by atoms with van der Waals surface area (Å²) in [6.45, 7) is 15.3. The molecule has 0 bridgehead atoms. The number of nitro benzene ring substituents is 1. The van der Waals surface area contributed by atoms with E-state index in [9.17, 15) is 19.7 Å². The number of β-lactam (4-membered cyclic amide) rings is 1. The van der Waals surface area contributed by atoms with Crippen molar-refractivity contribution in [2.75, 3.05) is 12.3 Å². The molecular weight excluding hydrogens is 444 g/mol. The summed E-state index contributed by atoms with van der Waals surface area (Å²) in [4.78, 5) is 36.9. The first kappa shape index (κ1) is 26.1. The lowest BCUT2D eigenvalue weighted by Crippen LogP contribution is -2.62. The number of hydrogen-bond donors (Lipinski definition) is 0. The molecule has 0 aliphatic carbocycles. The number of non-ortho nitro benzene ring substituents is 1. The normalized spacial score (nSPS) is 18.8. The molecule has 0 aromatic heterocycles. The molecule has 0 spiro atoms. The Morgan fingerprint density at radius 3 is 2.47 bits per heavy atom. The lowest BCUT2D eigenvalue weighted by molar-refractivity contribution is -0.384. The number of esters is 1. The Hall–Kier alpha value is -2.13. The molecule has 0 unspecified atom stereocenters. The monoisotopic (exact) mass is 478 g/mol. The highest BCUT2D eigenvalue weighted by Gasteiger charge is 2.47. The fourth-order valence-corrected chi connectivity index (χ4v) is 7.87. The van der Waals surface area contributed by atoms with E-state index in [2.05, 4.69) is 40.4 Å². The number of rotatable bonds is 11. The summed E-state index contributed by atoms with van der Waals surface area (Å²) in [5, 5.41) is 11.0. The first-order valence-electron chi connectivity index (χ1n) is 10.8. The number of likely N-dealkylation sites (tertiary alicyclic amines) is 1. The minimum atomic E-state index is -1.46. The SMILES string of the molecule is C=CC[C@H]1[C@H](CCS[Si](C)(C)C(C)(C)C)C(=O)N1CC(=O)OCc1ccc([N+](=O)[O-])cc1. The number of nitrogens with zero attached hydrogens (tertiary/aromatic N) is 2. The molecule has 32 heavy (non-hydrogen) atoms. The van der Waals surface area contributed by atoms with Gasteiger partial charge in [-0.2, -0.15) is 11.2 Å². The summed E-state index contributed by atoms with van der Waals surface area (Å²) in [5.74, 6) is 0.381. The number of amides is 1. The smallest absolute Gasteiger partial charge is 0.325 e. The lowest BCUT2D eigenvalue weighted by atomic mass is 9.83. The summed E-state index contributed by atoms with van der Waals surface area (Å²) in [7, 11) is -1.46. The molecule has 2 atom stereocenters. The fourth-order valence-electron chi connectivity index (χ4n) is 3.37. The molecule has 1 aromatic carbocycles. The Bertz CT molecular complexity index is 851. The van der Waals surface area contributed by atoms with E-state index in [1.165, 1.54) is 12.1 Å². The first-order valence-corrected chi connectivity index (χ1v) is 15.5. The zero-order valence-electron chi connectivity index (χ0n) is 19.6. The molecule has 176 valence electrons. The molecule has 1 fully saturated rings. The van der Waals surface area contributed by atoms with Crippen LogP contribution in [-0.2, 0) is 20.9 Å². The first-order chi connectivity index (χ1) is 14.9. The minimum absolute atomic E-state index is 0.0000302. The van der Waals surface area contributed by atoms with Crippen LogP contribution in [0.25, 0.3) is 0 Å². The van der Waals surface area contributed by atoms with E-state index in [-0.39, 0.29) is 36.7 Å². The van der Waals surface area contributed by atoms with Crippen LogP contribution < -0.4 is 0 Å². The van der Waals surface area contributed by atoms with E-state index in [1.54, 1.807) is 23.1 Å². The van der Waals surface area contributed by atoms with E-state index in [0.29, 0.717) is 17.0 Å². The zero-order valence-corrected chi connectivity index (χ0v) is 21.4. The van der Waals surface area contributed by atoms with Gasteiger partial charge in [0.15, 0.2) is 0 Å². The maximum absolute atomic E-state index is 12.7. The zero-order chi connectivity index (χ0) is 24.1. The van der Waals surface area contributed by atoms with Gasteiger partial charge in [0.25, 0.3) is 5.69 Å². The molecule has 2 rings (SSSR count). The molecule has 9 heteroatoms. The summed E-state index contributed by atoms with van der Waals surface area (Å²) < 4.78 is 5.28. The van der Waals surface area contributed by atoms with Gasteiger partial charge >= 0.3 is 5.97 Å². The second kappa shape index (κ2) is 10.7. The number of ether oxygens (including phenoxy) is 1. The molecule has 1 heterocycles. The van der Waals surface area contributed by atoms with Crippen molar-refractivity contribution < 1.29 is 19.2 Å². The van der Waals surface area contributed by atoms with Crippen LogP contribution in [0.5, 0.6) is 0 Å². The van der Waals surface area contributed by atoms with Gasteiger partial charge in [0, 0.05) is 18.2 Å². The van der Waals surface area contributed by atoms with Gasteiger partial charge < -0.3 is 9.64 Å². The van der Waals surface area contributed by atoms with Crippen LogP contribution in [0.4, 0.5) is 5.69 Å². The van der Waals surface area contributed by atoms with Gasteiger partial charge in [0.2, 0.25) is 5.91 Å². The predicted molar refractivity (Wildman–Crippen MR) is 131 cm³/mol. The Labute approximate surface area is 195 Å². The average Bonchev–Trinajstić information content (AvgIpc) is 2.72. The van der Waals surface area contributed by atoms with Gasteiger partial charge in [-0.1, -0.05) is 39.9 Å². The van der Waals surface area contributed by atoms with Gasteiger partial charge in [-0.05, 0) is 41.3 Å². The number of hydrogen-bond acceptors (Lipinski definition) is 6. The van der Waals surface area contributed by atoms with Crippen molar-refractivity contribution in [2.24, 2.45) is 5.92 Å². The second-order valence-corrected chi connectivity index (χ2v) is 18.8. The Morgan fingerprint density at radius 2 is 1.94 bits per heavy atom. The third kappa shape index (κ3) is 6.44. The van der Waals surface area contributed by atoms with Crippen molar-refractivity contribution >= 4 is 36.0 Å². The van der Waals surface area contributed by atoms with E-state index in [4.69, 9.17) is 4.74 Å². The highest BCUT2D eigenvalue weighted by Crippen LogP contribution is 2.44. The number of benzene rings is 1. The van der Waals surface area contributed by atoms with Crippen LogP contribution in [0.3, 0.4) is 0 Å². The molecule has 7 nitrogen and oxygen atoms in total. The average molecular weight is 479 g/mol. The van der Waals surface area contributed by atoms with Crippen molar-refractivity contribution in [1.82, 2.24) is 4.90 Å². The molecule has 0 N–H and O–H groups in total. The molecular formula is C23H34N2O5SSi. The maximum Gasteiger partial charge on any atom is 0.325 e. The van der Waals surface area contributed by atoms with E-state index < -0.39 is 18.1 Å². The van der Waals surface area contributed by atoms with Crippen molar-refractivity contribution in [3.05, 3.63) is 52.6 Å². The molecule has 0 radical (unpaired) electrons. The molecule has 1 aliphatic heterocycles. The topological polar surface area (TPSA) is 89.8 Å². The summed E-state index contributed by atoms with van der Waals surface area (Å²) in [5.41, 5.74) is 0.637. The molecule has 1 saturated heterocycles. The number of carbonyl (C=O) groups is 2. The largest absolute Gasteiger partial charge is 0.459 e. The Morgan fingerprint density at radius 1 is 1.31 bits per heavy atom.